The topological polar surface area (TPSA) is 142 Å². The summed E-state index contributed by atoms with van der Waals surface area (Å²) in [6, 6.07) is 10.6. The molecule has 4 heterocycles. The van der Waals surface area contributed by atoms with Gasteiger partial charge in [-0.15, -0.1) is 0 Å². The summed E-state index contributed by atoms with van der Waals surface area (Å²) in [5.74, 6) is -5.71. The number of hydrogen-bond acceptors (Lipinski definition) is 7. The second kappa shape index (κ2) is 15.4. The number of fused-ring (bicyclic) bond motifs is 5. The zero-order valence-electron chi connectivity index (χ0n) is 33.5. The maximum absolute atomic E-state index is 15.5. The summed E-state index contributed by atoms with van der Waals surface area (Å²) >= 11 is 6.67. The Hall–Kier alpha value is -6.42. The number of pyridine rings is 1. The SMILES string of the molecule is C=S(C)(=O)Nc1nn(C)c2c(-n3c([C@H](Cc4cc(F)cc(F)c4)NC(=O)Cn4nc(C(F)F)c5c4C(F)(F)[C@@H]4C[C@H]54)nc4cc(-c5cccc(C(F)(F)F)n5)ccc4c3=O)ccc(Cl)c12. The number of benzene rings is 3. The van der Waals surface area contributed by atoms with Gasteiger partial charge in [0.2, 0.25) is 5.91 Å². The number of amides is 1. The molecule has 7 aromatic rings. The number of aryl methyl sites for hydroxylation is 1. The summed E-state index contributed by atoms with van der Waals surface area (Å²) < 4.78 is 148. The fourth-order valence-corrected chi connectivity index (χ4v) is 9.32. The normalized spacial score (nSPS) is 17.9. The third-order valence-electron chi connectivity index (χ3n) is 11.2. The van der Waals surface area contributed by atoms with Crippen LogP contribution in [0.25, 0.3) is 38.8 Å². The van der Waals surface area contributed by atoms with Crippen LogP contribution in [0.15, 0.2) is 71.5 Å². The van der Waals surface area contributed by atoms with Crippen molar-refractivity contribution < 1.29 is 48.5 Å². The van der Waals surface area contributed by atoms with Gasteiger partial charge in [-0.3, -0.25) is 28.2 Å². The van der Waals surface area contributed by atoms with Crippen LogP contribution in [0.2, 0.25) is 5.02 Å². The van der Waals surface area contributed by atoms with Crippen LogP contribution in [-0.2, 0) is 46.6 Å². The molecule has 0 aliphatic heterocycles. The highest BCUT2D eigenvalue weighted by molar-refractivity contribution is 8.00. The van der Waals surface area contributed by atoms with E-state index in [1.54, 1.807) is 0 Å². The molecule has 0 bridgehead atoms. The number of halogens is 10. The van der Waals surface area contributed by atoms with Crippen molar-refractivity contribution in [2.24, 2.45) is 13.0 Å². The molecule has 2 N–H and O–H groups in total. The van der Waals surface area contributed by atoms with Crippen LogP contribution in [0.5, 0.6) is 0 Å². The van der Waals surface area contributed by atoms with Gasteiger partial charge in [0, 0.05) is 52.5 Å². The van der Waals surface area contributed by atoms with Gasteiger partial charge >= 0.3 is 6.18 Å². The molecule has 1 amide bonds. The lowest BCUT2D eigenvalue weighted by atomic mass is 10.0. The Labute approximate surface area is 366 Å². The van der Waals surface area contributed by atoms with Gasteiger partial charge in [0.1, 0.15) is 41.1 Å². The number of hydrogen-bond donors (Lipinski definition) is 2. The van der Waals surface area contributed by atoms with Gasteiger partial charge in [-0.25, -0.2) is 31.7 Å². The van der Waals surface area contributed by atoms with E-state index in [1.807, 2.05) is 0 Å². The predicted octanol–water partition coefficient (Wildman–Crippen LogP) is 8.40. The third kappa shape index (κ3) is 7.84. The number of alkyl halides is 7. The zero-order chi connectivity index (χ0) is 46.7. The fraction of sp³-hybridized carbons (Fsp3) is 0.262. The van der Waals surface area contributed by atoms with Crippen LogP contribution in [0.3, 0.4) is 0 Å². The molecule has 3 aromatic carbocycles. The molecular formula is C42H31ClF9N9O3S. The number of anilines is 1. The minimum Gasteiger partial charge on any atom is -0.344 e. The Morgan fingerprint density at radius 1 is 1.03 bits per heavy atom. The largest absolute Gasteiger partial charge is 0.433 e. The summed E-state index contributed by atoms with van der Waals surface area (Å²) in [7, 11) is -1.52. The van der Waals surface area contributed by atoms with Gasteiger partial charge in [-0.05, 0) is 72.3 Å². The molecule has 1 unspecified atom stereocenters. The molecule has 9 rings (SSSR count). The van der Waals surface area contributed by atoms with Crippen molar-refractivity contribution in [3.8, 4) is 16.9 Å². The van der Waals surface area contributed by atoms with Gasteiger partial charge in [0.15, 0.2) is 5.82 Å². The summed E-state index contributed by atoms with van der Waals surface area (Å²) in [4.78, 5) is 37.7. The van der Waals surface area contributed by atoms with Crippen molar-refractivity contribution in [1.29, 1.82) is 0 Å². The van der Waals surface area contributed by atoms with E-state index < -0.39 is 99.3 Å². The molecule has 0 saturated heterocycles. The monoisotopic (exact) mass is 947 g/mol. The summed E-state index contributed by atoms with van der Waals surface area (Å²) in [6.45, 7) is -1.05. The maximum Gasteiger partial charge on any atom is 0.433 e. The zero-order valence-corrected chi connectivity index (χ0v) is 35.1. The molecule has 2 aliphatic carbocycles. The first-order chi connectivity index (χ1) is 30.5. The van der Waals surface area contributed by atoms with Gasteiger partial charge < -0.3 is 5.32 Å². The first kappa shape index (κ1) is 43.8. The molecule has 12 nitrogen and oxygen atoms in total. The second-order valence-corrected chi connectivity index (χ2v) is 18.5. The summed E-state index contributed by atoms with van der Waals surface area (Å²) in [6.07, 6.45) is -7.36. The maximum atomic E-state index is 15.5. The minimum absolute atomic E-state index is 0.0112. The Morgan fingerprint density at radius 2 is 1.75 bits per heavy atom. The van der Waals surface area contributed by atoms with Crippen LogP contribution in [0.1, 0.15) is 58.8 Å². The second-order valence-electron chi connectivity index (χ2n) is 15.9. The smallest absolute Gasteiger partial charge is 0.344 e. The highest BCUT2D eigenvalue weighted by atomic mass is 35.5. The minimum atomic E-state index is -4.81. The molecule has 23 heteroatoms. The number of aromatic nitrogens is 7. The Kier molecular flexibility index (Phi) is 10.3. The Bertz CT molecular complexity index is 3300. The lowest BCUT2D eigenvalue weighted by molar-refractivity contribution is -0.141. The van der Waals surface area contributed by atoms with E-state index in [1.165, 1.54) is 54.4 Å². The van der Waals surface area contributed by atoms with E-state index >= 15 is 13.6 Å². The molecule has 1 fully saturated rings. The number of rotatable bonds is 11. The molecule has 0 radical (unpaired) electrons. The van der Waals surface area contributed by atoms with Crippen molar-refractivity contribution in [2.75, 3.05) is 11.0 Å². The van der Waals surface area contributed by atoms with Crippen LogP contribution in [0.4, 0.5) is 45.3 Å². The molecule has 0 spiro atoms. The quantitative estimate of drug-likeness (QED) is 0.0981. The van der Waals surface area contributed by atoms with Gasteiger partial charge in [-0.1, -0.05) is 23.7 Å². The van der Waals surface area contributed by atoms with Gasteiger partial charge in [0.05, 0.1) is 44.3 Å². The Morgan fingerprint density at radius 3 is 2.43 bits per heavy atom. The molecule has 338 valence electrons. The van der Waals surface area contributed by atoms with Crippen molar-refractivity contribution in [3.05, 3.63) is 128 Å². The van der Waals surface area contributed by atoms with Crippen molar-refractivity contribution in [2.45, 2.75) is 49.9 Å². The van der Waals surface area contributed by atoms with E-state index in [-0.39, 0.29) is 73.0 Å². The van der Waals surface area contributed by atoms with Crippen LogP contribution < -0.4 is 15.6 Å². The van der Waals surface area contributed by atoms with E-state index in [0.29, 0.717) is 10.7 Å². The van der Waals surface area contributed by atoms with Crippen LogP contribution in [0, 0.1) is 17.6 Å². The van der Waals surface area contributed by atoms with E-state index in [4.69, 9.17) is 16.6 Å². The van der Waals surface area contributed by atoms with E-state index in [2.05, 4.69) is 31.1 Å². The standard InChI is InChI=1S/C42H31ClF9N9O3S/c1-59-35-29(10-9-25(43)33(35)38(57-59)58-65(2,3)64)61-39(55-27-14-19(7-8-22(27)40(61)63)26-5-4-6-30(53-26)42(50,51)52)28(13-18-11-20(44)15-21(45)12-18)54-31(62)17-60-36-32(34(56-60)37(46)47)23-16-24(23)41(36,48)49/h4-12,14-15,23-24,28,37H,2,13,16-17H2,1,3H3,(H,54,62)(H,57,58,64)/t23-,24+,28-,65?/m0/s1. The molecule has 1 saturated carbocycles. The number of carbonyl (C=O) groups excluding carboxylic acids is 1. The van der Waals surface area contributed by atoms with Crippen molar-refractivity contribution >= 4 is 60.7 Å². The highest BCUT2D eigenvalue weighted by Crippen LogP contribution is 2.68. The molecule has 4 atom stereocenters. The van der Waals surface area contributed by atoms with E-state index in [0.717, 1.165) is 28.8 Å². The fourth-order valence-electron chi connectivity index (χ4n) is 8.52. The summed E-state index contributed by atoms with van der Waals surface area (Å²) in [5, 5.41) is 10.8. The first-order valence-electron chi connectivity index (χ1n) is 19.4. The summed E-state index contributed by atoms with van der Waals surface area (Å²) in [5.41, 5.74) is -4.40. The van der Waals surface area contributed by atoms with Crippen LogP contribution in [-0.4, -0.2) is 56.3 Å². The number of nitrogens with one attached hydrogen (secondary N) is 2. The number of nitrogens with zero attached hydrogens (tertiary/aromatic N) is 7. The lowest BCUT2D eigenvalue weighted by Gasteiger charge is -2.24. The molecule has 2 aliphatic rings. The number of carbonyl (C=O) groups is 1. The molecular weight excluding hydrogens is 917 g/mol. The van der Waals surface area contributed by atoms with Crippen molar-refractivity contribution in [1.82, 2.24) is 39.4 Å². The average Bonchev–Trinajstić information content (AvgIpc) is 3.75. The molecule has 65 heavy (non-hydrogen) atoms. The Balaban J connectivity index is 1.26. The van der Waals surface area contributed by atoms with Gasteiger partial charge in [0.25, 0.3) is 17.9 Å². The van der Waals surface area contributed by atoms with E-state index in [9.17, 15) is 39.7 Å². The van der Waals surface area contributed by atoms with Gasteiger partial charge in [-0.2, -0.15) is 32.1 Å². The average molecular weight is 948 g/mol. The molecule has 4 aromatic heterocycles. The third-order valence-corrected chi connectivity index (χ3v) is 12.1. The highest BCUT2D eigenvalue weighted by Gasteiger charge is 2.67. The van der Waals surface area contributed by atoms with Crippen LogP contribution >= 0.6 is 11.6 Å². The lowest BCUT2D eigenvalue weighted by Crippen LogP contribution is -2.38. The first-order valence-corrected chi connectivity index (χ1v) is 21.9. The predicted molar refractivity (Wildman–Crippen MR) is 223 cm³/mol. The van der Waals surface area contributed by atoms with Crippen molar-refractivity contribution in [3.63, 3.8) is 0 Å².